The van der Waals surface area contributed by atoms with Gasteiger partial charge >= 0.3 is 11.9 Å². The minimum atomic E-state index is -0.0545. The van der Waals surface area contributed by atoms with Gasteiger partial charge in [0.25, 0.3) is 0 Å². The lowest BCUT2D eigenvalue weighted by molar-refractivity contribution is -0.148. The maximum absolute atomic E-state index is 11.3. The molecule has 46 heavy (non-hydrogen) atoms. The molecule has 0 aliphatic rings. The maximum Gasteiger partial charge on any atom is 0.306 e. The summed E-state index contributed by atoms with van der Waals surface area (Å²) in [6.45, 7) is 11.9. The molecule has 0 bridgehead atoms. The van der Waals surface area contributed by atoms with Crippen molar-refractivity contribution in [2.45, 2.75) is 182 Å². The molecule has 0 atom stereocenters. The summed E-state index contributed by atoms with van der Waals surface area (Å²) in [6.07, 6.45) is 48.3. The molecule has 0 unspecified atom stereocenters. The highest BCUT2D eigenvalue weighted by molar-refractivity contribution is 5.69. The fourth-order valence-electron chi connectivity index (χ4n) is 4.42. The molecule has 0 saturated heterocycles. The van der Waals surface area contributed by atoms with Crippen LogP contribution in [0.1, 0.15) is 170 Å². The second-order valence-electron chi connectivity index (χ2n) is 12.3. The maximum atomic E-state index is 11.3. The zero-order chi connectivity index (χ0) is 34.4. The van der Waals surface area contributed by atoms with Crippen LogP contribution < -0.4 is 0 Å². The molecule has 0 spiro atoms. The summed E-state index contributed by atoms with van der Waals surface area (Å²) < 4.78 is 10.2. The number of ether oxygens (including phenoxy) is 2. The van der Waals surface area contributed by atoms with Crippen LogP contribution >= 0.6 is 0 Å². The third-order valence-electron chi connectivity index (χ3n) is 6.80. The molecule has 0 aromatic rings. The van der Waals surface area contributed by atoms with Gasteiger partial charge < -0.3 is 9.47 Å². The molecule has 0 aliphatic carbocycles. The molecule has 0 saturated carbocycles. The molecule has 4 heteroatoms. The highest BCUT2D eigenvalue weighted by atomic mass is 16.5. The first-order chi connectivity index (χ1) is 22.3. The van der Waals surface area contributed by atoms with E-state index in [9.17, 15) is 9.59 Å². The Morgan fingerprint density at radius 1 is 0.413 bits per heavy atom. The van der Waals surface area contributed by atoms with Crippen molar-refractivity contribution < 1.29 is 19.1 Å². The number of allylic oxidation sites excluding steroid dienone is 12. The van der Waals surface area contributed by atoms with Crippen LogP contribution in [-0.2, 0) is 19.1 Å². The Labute approximate surface area is 285 Å². The Morgan fingerprint density at radius 3 is 1.02 bits per heavy atom. The fourth-order valence-corrected chi connectivity index (χ4v) is 4.42. The second kappa shape index (κ2) is 38.6. The van der Waals surface area contributed by atoms with Gasteiger partial charge in [0.15, 0.2) is 0 Å². The zero-order valence-corrected chi connectivity index (χ0v) is 30.9. The van der Waals surface area contributed by atoms with Crippen LogP contribution in [0, 0.1) is 0 Å². The number of unbranched alkanes of at least 4 members (excludes halogenated alkanes) is 10. The summed E-state index contributed by atoms with van der Waals surface area (Å²) in [6, 6.07) is 0. The van der Waals surface area contributed by atoms with Gasteiger partial charge in [-0.3, -0.25) is 9.59 Å². The van der Waals surface area contributed by atoms with Gasteiger partial charge in [0.05, 0.1) is 12.2 Å². The van der Waals surface area contributed by atoms with E-state index >= 15 is 0 Å². The van der Waals surface area contributed by atoms with Gasteiger partial charge in [0.1, 0.15) is 0 Å². The van der Waals surface area contributed by atoms with E-state index in [1.807, 2.05) is 27.7 Å². The van der Waals surface area contributed by atoms with Crippen LogP contribution in [0.15, 0.2) is 72.9 Å². The van der Waals surface area contributed by atoms with Gasteiger partial charge in [0.2, 0.25) is 0 Å². The molecule has 0 heterocycles. The minimum Gasteiger partial charge on any atom is -0.463 e. The zero-order valence-electron chi connectivity index (χ0n) is 30.9. The molecule has 4 nitrogen and oxygen atoms in total. The van der Waals surface area contributed by atoms with Crippen molar-refractivity contribution in [2.24, 2.45) is 0 Å². The van der Waals surface area contributed by atoms with Gasteiger partial charge in [-0.15, -0.1) is 0 Å². The number of esters is 2. The fraction of sp³-hybridized carbons (Fsp3) is 0.667. The lowest BCUT2D eigenvalue weighted by atomic mass is 10.1. The van der Waals surface area contributed by atoms with E-state index in [0.717, 1.165) is 64.2 Å². The van der Waals surface area contributed by atoms with Crippen molar-refractivity contribution in [3.05, 3.63) is 72.9 Å². The van der Waals surface area contributed by atoms with Crippen molar-refractivity contribution in [2.75, 3.05) is 0 Å². The van der Waals surface area contributed by atoms with Gasteiger partial charge in [-0.05, 0) is 105 Å². The molecular formula is C42H72O4. The predicted molar refractivity (Wildman–Crippen MR) is 201 cm³/mol. The van der Waals surface area contributed by atoms with Crippen molar-refractivity contribution in [3.8, 4) is 0 Å². The van der Waals surface area contributed by atoms with Crippen LogP contribution in [0.3, 0.4) is 0 Å². The standard InChI is InChI=1S/2C21H36O2/c2*1-4-5-6-7-8-9-10-11-12-13-14-15-16-17-18-19-21(22)23-20(2)3/h2*5-6,8-9,11-12,20H,4,7,10,13-19H2,1-3H3/b2*6-5-,9-8-,12-11-. The Hall–Kier alpha value is -2.62. The van der Waals surface area contributed by atoms with E-state index in [2.05, 4.69) is 86.8 Å². The third kappa shape index (κ3) is 43.5. The number of hydrogen-bond donors (Lipinski definition) is 0. The molecule has 264 valence electrons. The van der Waals surface area contributed by atoms with E-state index in [-0.39, 0.29) is 24.1 Å². The van der Waals surface area contributed by atoms with E-state index in [1.54, 1.807) is 0 Å². The van der Waals surface area contributed by atoms with Crippen LogP contribution in [0.4, 0.5) is 0 Å². The molecular weight excluding hydrogens is 568 g/mol. The average molecular weight is 641 g/mol. The molecule has 0 fully saturated rings. The Morgan fingerprint density at radius 2 is 0.696 bits per heavy atom. The van der Waals surface area contributed by atoms with Crippen LogP contribution in [0.25, 0.3) is 0 Å². The van der Waals surface area contributed by atoms with Gasteiger partial charge in [0, 0.05) is 12.8 Å². The summed E-state index contributed by atoms with van der Waals surface area (Å²) in [5.41, 5.74) is 0. The number of carbonyl (C=O) groups is 2. The first kappa shape index (κ1) is 45.5. The van der Waals surface area contributed by atoms with E-state index in [0.29, 0.717) is 12.8 Å². The number of rotatable bonds is 28. The van der Waals surface area contributed by atoms with Gasteiger partial charge in [-0.1, -0.05) is 125 Å². The average Bonchev–Trinajstić information content (AvgIpc) is 3.00. The second-order valence-corrected chi connectivity index (χ2v) is 12.3. The number of carbonyl (C=O) groups excluding carboxylic acids is 2. The summed E-state index contributed by atoms with van der Waals surface area (Å²) >= 11 is 0. The molecule has 0 rings (SSSR count). The summed E-state index contributed by atoms with van der Waals surface area (Å²) in [5, 5.41) is 0. The molecule has 0 N–H and O–H groups in total. The molecule has 0 aromatic carbocycles. The van der Waals surface area contributed by atoms with Crippen LogP contribution in [0.5, 0.6) is 0 Å². The van der Waals surface area contributed by atoms with Crippen molar-refractivity contribution in [1.82, 2.24) is 0 Å². The summed E-state index contributed by atoms with van der Waals surface area (Å²) in [4.78, 5) is 22.7. The predicted octanol–water partition coefficient (Wildman–Crippen LogP) is 13.1. The quantitative estimate of drug-likeness (QED) is 0.0485. The van der Waals surface area contributed by atoms with E-state index in [4.69, 9.17) is 9.47 Å². The molecule has 0 aliphatic heterocycles. The summed E-state index contributed by atoms with van der Waals surface area (Å²) in [5.74, 6) is -0.109. The molecule has 0 aromatic heterocycles. The first-order valence-corrected chi connectivity index (χ1v) is 18.6. The monoisotopic (exact) mass is 641 g/mol. The molecule has 0 amide bonds. The topological polar surface area (TPSA) is 52.6 Å². The Balaban J connectivity index is 0. The van der Waals surface area contributed by atoms with Gasteiger partial charge in [-0.25, -0.2) is 0 Å². The van der Waals surface area contributed by atoms with Crippen molar-refractivity contribution in [3.63, 3.8) is 0 Å². The Kier molecular flexibility index (Phi) is 38.1. The highest BCUT2D eigenvalue weighted by Gasteiger charge is 2.05. The van der Waals surface area contributed by atoms with Crippen molar-refractivity contribution in [1.29, 1.82) is 0 Å². The Bertz CT molecular complexity index is 772. The van der Waals surface area contributed by atoms with Crippen LogP contribution in [-0.4, -0.2) is 24.1 Å². The highest BCUT2D eigenvalue weighted by Crippen LogP contribution is 2.10. The lowest BCUT2D eigenvalue weighted by Crippen LogP contribution is -2.10. The van der Waals surface area contributed by atoms with E-state index < -0.39 is 0 Å². The van der Waals surface area contributed by atoms with E-state index in [1.165, 1.54) is 51.4 Å². The molecule has 0 radical (unpaired) electrons. The minimum absolute atomic E-state index is 0.0111. The number of hydrogen-bond acceptors (Lipinski definition) is 4. The van der Waals surface area contributed by atoms with Gasteiger partial charge in [-0.2, -0.15) is 0 Å². The largest absolute Gasteiger partial charge is 0.463 e. The van der Waals surface area contributed by atoms with Crippen molar-refractivity contribution >= 4 is 11.9 Å². The van der Waals surface area contributed by atoms with Crippen LogP contribution in [0.2, 0.25) is 0 Å². The lowest BCUT2D eigenvalue weighted by Gasteiger charge is -2.07. The third-order valence-corrected chi connectivity index (χ3v) is 6.80. The summed E-state index contributed by atoms with van der Waals surface area (Å²) in [7, 11) is 0. The SMILES string of the molecule is CC/C=C\C/C=C\C/C=C\CCCCCCCC(=O)OC(C)C.CC/C=C\C/C=C\C/C=C\CCCCCCCC(=O)OC(C)C. The normalized spacial score (nSPS) is 12.2. The first-order valence-electron chi connectivity index (χ1n) is 18.6. The smallest absolute Gasteiger partial charge is 0.306 e.